The summed E-state index contributed by atoms with van der Waals surface area (Å²) in [5, 5.41) is 5.58. The molecule has 14 nitrogen and oxygen atoms in total. The summed E-state index contributed by atoms with van der Waals surface area (Å²) in [6.45, 7) is -0.605. The molecule has 57 heavy (non-hydrogen) atoms. The number of benzene rings is 5. The molecular formula is C41H35FN6O8S. The lowest BCUT2D eigenvalue weighted by Gasteiger charge is -2.21. The molecule has 0 radical (unpaired) electrons. The fraction of sp³-hybridized carbons (Fsp3) is 0.195. The van der Waals surface area contributed by atoms with Crippen LogP contribution in [-0.4, -0.2) is 47.7 Å². The lowest BCUT2D eigenvalue weighted by molar-refractivity contribution is -0.135. The molecule has 2 fully saturated rings. The van der Waals surface area contributed by atoms with Crippen molar-refractivity contribution in [1.82, 2.24) is 19.2 Å². The zero-order valence-corrected chi connectivity index (χ0v) is 31.3. The predicted molar refractivity (Wildman–Crippen MR) is 210 cm³/mol. The number of nitrogens with zero attached hydrogens (tertiary/aromatic N) is 3. The normalized spacial score (nSPS) is 16.5. The minimum Gasteiger partial charge on any atom is -0.487 e. The van der Waals surface area contributed by atoms with Crippen LogP contribution in [0.5, 0.6) is 5.75 Å². The Hall–Kier alpha value is -6.81. The highest BCUT2D eigenvalue weighted by Crippen LogP contribution is 2.40. The molecule has 1 atom stereocenters. The van der Waals surface area contributed by atoms with Crippen molar-refractivity contribution in [2.45, 2.75) is 38.3 Å². The number of rotatable bonds is 10. The molecule has 1 unspecified atom stereocenters. The van der Waals surface area contributed by atoms with Crippen LogP contribution < -0.4 is 30.1 Å². The van der Waals surface area contributed by atoms with Crippen molar-refractivity contribution in [1.29, 1.82) is 0 Å². The number of ether oxygens (including phenoxy) is 1. The van der Waals surface area contributed by atoms with Crippen molar-refractivity contribution in [2.24, 2.45) is 7.05 Å². The van der Waals surface area contributed by atoms with Gasteiger partial charge in [-0.2, -0.15) is 8.42 Å². The Balaban J connectivity index is 0.964. The van der Waals surface area contributed by atoms with Gasteiger partial charge in [-0.1, -0.05) is 60.7 Å². The molecule has 290 valence electrons. The number of anilines is 2. The fourth-order valence-corrected chi connectivity index (χ4v) is 8.41. The van der Waals surface area contributed by atoms with E-state index in [1.807, 2.05) is 47.2 Å². The molecule has 16 heteroatoms. The summed E-state index contributed by atoms with van der Waals surface area (Å²) in [7, 11) is -2.71. The number of aryl methyl sites for hydroxylation is 2. The Kier molecular flexibility index (Phi) is 9.57. The molecule has 4 amide bonds. The quantitative estimate of drug-likeness (QED) is 0.169. The van der Waals surface area contributed by atoms with E-state index in [0.29, 0.717) is 32.8 Å². The topological polar surface area (TPSA) is 178 Å². The SMILES string of the molecule is Cn1c(=O)n(C2CCC(=O)NC2=O)c2ccc(-c3ccc(CCC(=O)Nc4ccc5c(F)c(N6CC(=O)NS6(=O)=O)c(OCc6ccccc6)cc5c4)cc3)cc21. The molecule has 0 aliphatic carbocycles. The highest BCUT2D eigenvalue weighted by atomic mass is 32.2. The van der Waals surface area contributed by atoms with Gasteiger partial charge in [0, 0.05) is 31.0 Å². The van der Waals surface area contributed by atoms with Gasteiger partial charge in [0.25, 0.3) is 5.91 Å². The summed E-state index contributed by atoms with van der Waals surface area (Å²) in [5.74, 6) is -2.92. The number of carbonyl (C=O) groups excluding carboxylic acids is 4. The third-order valence-electron chi connectivity index (χ3n) is 10.1. The van der Waals surface area contributed by atoms with Gasteiger partial charge in [0.15, 0.2) is 5.82 Å². The average Bonchev–Trinajstić information content (AvgIpc) is 3.61. The number of nitrogens with one attached hydrogen (secondary N) is 3. The van der Waals surface area contributed by atoms with Crippen LogP contribution in [0.2, 0.25) is 0 Å². The molecule has 8 rings (SSSR count). The smallest absolute Gasteiger partial charge is 0.329 e. The van der Waals surface area contributed by atoms with E-state index in [1.165, 1.54) is 27.3 Å². The number of fused-ring (bicyclic) bond motifs is 2. The lowest BCUT2D eigenvalue weighted by atomic mass is 10.0. The number of halogens is 1. The van der Waals surface area contributed by atoms with Crippen LogP contribution in [0.1, 0.15) is 36.4 Å². The molecule has 2 aliphatic rings. The molecule has 5 aromatic carbocycles. The first-order valence-electron chi connectivity index (χ1n) is 18.1. The maximum Gasteiger partial charge on any atom is 0.329 e. The molecule has 2 aliphatic heterocycles. The zero-order chi connectivity index (χ0) is 40.0. The van der Waals surface area contributed by atoms with E-state index in [-0.39, 0.29) is 54.5 Å². The van der Waals surface area contributed by atoms with Gasteiger partial charge in [0.2, 0.25) is 17.7 Å². The Bertz CT molecular complexity index is 2800. The summed E-state index contributed by atoms with van der Waals surface area (Å²) in [5.41, 5.74) is 4.29. The van der Waals surface area contributed by atoms with Crippen LogP contribution in [0.25, 0.3) is 32.9 Å². The van der Waals surface area contributed by atoms with Crippen LogP contribution in [0.15, 0.2) is 102 Å². The second kappa shape index (κ2) is 14.7. The van der Waals surface area contributed by atoms with Crippen LogP contribution in [0.3, 0.4) is 0 Å². The van der Waals surface area contributed by atoms with E-state index >= 15 is 4.39 Å². The summed E-state index contributed by atoms with van der Waals surface area (Å²) >= 11 is 0. The number of hydrogen-bond acceptors (Lipinski definition) is 8. The monoisotopic (exact) mass is 790 g/mol. The molecule has 3 heterocycles. The van der Waals surface area contributed by atoms with Gasteiger partial charge in [-0.3, -0.25) is 33.6 Å². The first kappa shape index (κ1) is 37.1. The predicted octanol–water partition coefficient (Wildman–Crippen LogP) is 4.61. The summed E-state index contributed by atoms with van der Waals surface area (Å²) in [4.78, 5) is 62.5. The summed E-state index contributed by atoms with van der Waals surface area (Å²) in [6.07, 6.45) is 0.974. The molecule has 0 saturated carbocycles. The largest absolute Gasteiger partial charge is 0.487 e. The van der Waals surface area contributed by atoms with Crippen LogP contribution in [0, 0.1) is 5.82 Å². The third kappa shape index (κ3) is 7.22. The highest BCUT2D eigenvalue weighted by Gasteiger charge is 2.38. The Labute approximate surface area is 325 Å². The molecule has 3 N–H and O–H groups in total. The Morgan fingerprint density at radius 1 is 0.877 bits per heavy atom. The Morgan fingerprint density at radius 3 is 2.35 bits per heavy atom. The van der Waals surface area contributed by atoms with E-state index in [4.69, 9.17) is 4.74 Å². The highest BCUT2D eigenvalue weighted by molar-refractivity contribution is 7.92. The minimum absolute atomic E-state index is 0.00233. The van der Waals surface area contributed by atoms with E-state index < -0.39 is 46.1 Å². The van der Waals surface area contributed by atoms with Crippen LogP contribution in [0.4, 0.5) is 15.8 Å². The number of piperidine rings is 1. The summed E-state index contributed by atoms with van der Waals surface area (Å²) in [6, 6.07) is 27.5. The fourth-order valence-electron chi connectivity index (χ4n) is 7.25. The van der Waals surface area contributed by atoms with Gasteiger partial charge in [-0.15, -0.1) is 0 Å². The number of imidazole rings is 1. The van der Waals surface area contributed by atoms with E-state index in [2.05, 4.69) is 10.6 Å². The molecule has 1 aromatic heterocycles. The number of hydrogen-bond donors (Lipinski definition) is 3. The maximum atomic E-state index is 16.2. The number of amides is 4. The third-order valence-corrected chi connectivity index (χ3v) is 11.5. The number of imide groups is 1. The lowest BCUT2D eigenvalue weighted by Crippen LogP contribution is -2.44. The minimum atomic E-state index is -4.35. The van der Waals surface area contributed by atoms with Crippen molar-refractivity contribution in [3.63, 3.8) is 0 Å². The van der Waals surface area contributed by atoms with E-state index in [1.54, 1.807) is 43.4 Å². The molecule has 6 aromatic rings. The van der Waals surface area contributed by atoms with Crippen LogP contribution >= 0.6 is 0 Å². The van der Waals surface area contributed by atoms with Gasteiger partial charge < -0.3 is 10.1 Å². The van der Waals surface area contributed by atoms with Crippen molar-refractivity contribution < 1.29 is 36.7 Å². The van der Waals surface area contributed by atoms with E-state index in [9.17, 15) is 32.4 Å². The van der Waals surface area contributed by atoms with Gasteiger partial charge in [-0.25, -0.2) is 18.2 Å². The zero-order valence-electron chi connectivity index (χ0n) is 30.5. The first-order chi connectivity index (χ1) is 27.4. The van der Waals surface area contributed by atoms with Gasteiger partial charge >= 0.3 is 15.9 Å². The van der Waals surface area contributed by atoms with Crippen molar-refractivity contribution in [3.05, 3.63) is 124 Å². The molecule has 2 saturated heterocycles. The van der Waals surface area contributed by atoms with Crippen molar-refractivity contribution in [2.75, 3.05) is 16.2 Å². The Morgan fingerprint density at radius 2 is 1.63 bits per heavy atom. The molecular weight excluding hydrogens is 756 g/mol. The van der Waals surface area contributed by atoms with Crippen molar-refractivity contribution >= 4 is 67.0 Å². The number of aromatic nitrogens is 2. The van der Waals surface area contributed by atoms with Gasteiger partial charge in [0.05, 0.1) is 11.0 Å². The number of carbonyl (C=O) groups is 4. The standard InChI is InChI=1S/C41H35FN6O8S/c1-46-33-20-27(12-15-31(33)48(41(46)53)32-16-18-36(50)44-40(32)52)26-10-7-24(8-11-26)9-17-35(49)43-29-13-14-30-28(19-29)21-34(56-23-25-5-3-2-4-6-25)39(38(30)42)47-22-37(51)45-57(47,54)55/h2-8,10-15,19-21,32H,9,16-18,22-23H2,1H3,(H,43,49)(H,45,51)(H,44,50,52). The van der Waals surface area contributed by atoms with Gasteiger partial charge in [-0.05, 0) is 76.9 Å². The van der Waals surface area contributed by atoms with E-state index in [0.717, 1.165) is 22.3 Å². The first-order valence-corrected chi connectivity index (χ1v) is 19.5. The second-order valence-electron chi connectivity index (χ2n) is 13.9. The van der Waals surface area contributed by atoms with Gasteiger partial charge in [0.1, 0.15) is 30.6 Å². The average molecular weight is 791 g/mol. The maximum absolute atomic E-state index is 16.2. The molecule has 0 bridgehead atoms. The molecule has 0 spiro atoms. The van der Waals surface area contributed by atoms with Crippen molar-refractivity contribution in [3.8, 4) is 16.9 Å². The summed E-state index contributed by atoms with van der Waals surface area (Å²) < 4.78 is 53.0. The van der Waals surface area contributed by atoms with Crippen LogP contribution in [-0.2, 0) is 49.5 Å². The second-order valence-corrected chi connectivity index (χ2v) is 15.5.